The quantitative estimate of drug-likeness (QED) is 0.135. The molecule has 0 bridgehead atoms. The molecule has 0 N–H and O–H groups in total. The van der Waals surface area contributed by atoms with Gasteiger partial charge >= 0.3 is 0 Å². The number of para-hydroxylation sites is 2. The average Bonchev–Trinajstić information content (AvgIpc) is 3.41. The Kier molecular flexibility index (Phi) is 10.9. The first-order chi connectivity index (χ1) is 34.1. The Morgan fingerprint density at radius 2 is 0.739 bits per heavy atom. The predicted octanol–water partition coefficient (Wildman–Crippen LogP) is 18.9. The molecule has 0 saturated carbocycles. The summed E-state index contributed by atoms with van der Waals surface area (Å²) < 4.78 is 34.8. The van der Waals surface area contributed by atoms with E-state index < -0.39 is 0 Å². The van der Waals surface area contributed by atoms with E-state index in [1.54, 1.807) is 23.9 Å². The Morgan fingerprint density at radius 1 is 0.290 bits per heavy atom. The van der Waals surface area contributed by atoms with Crippen LogP contribution in [-0.2, 0) is 0 Å². The Hall–Kier alpha value is -8.51. The number of benzene rings is 11. The highest BCUT2D eigenvalue weighted by atomic mass is 32.2. The van der Waals surface area contributed by atoms with Gasteiger partial charge in [-0.3, -0.25) is 0 Å². The second-order valence-electron chi connectivity index (χ2n) is 17.1. The molecule has 0 fully saturated rings. The van der Waals surface area contributed by atoms with Crippen molar-refractivity contribution in [2.24, 2.45) is 0 Å². The summed E-state index contributed by atoms with van der Waals surface area (Å²) in [5.41, 5.74) is 13.4. The third-order valence-corrected chi connectivity index (χ3v) is 14.1. The van der Waals surface area contributed by atoms with Crippen LogP contribution in [0.3, 0.4) is 0 Å². The minimum absolute atomic E-state index is 0.323. The molecule has 11 aromatic carbocycles. The second kappa shape index (κ2) is 17.9. The van der Waals surface area contributed by atoms with Gasteiger partial charge in [-0.05, 0) is 117 Å². The summed E-state index contributed by atoms with van der Waals surface area (Å²) in [6, 6.07) is 84.9. The number of halogens is 2. The summed E-state index contributed by atoms with van der Waals surface area (Å²) >= 11 is 1.70. The molecule has 69 heavy (non-hydrogen) atoms. The van der Waals surface area contributed by atoms with E-state index >= 15 is 8.78 Å². The summed E-state index contributed by atoms with van der Waals surface area (Å²) in [6.07, 6.45) is 0. The van der Waals surface area contributed by atoms with E-state index in [1.807, 2.05) is 187 Å². The molecule has 0 radical (unpaired) electrons. The molecular weight excluding hydrogens is 867 g/mol. The van der Waals surface area contributed by atoms with E-state index in [-0.39, 0.29) is 11.6 Å². The van der Waals surface area contributed by atoms with Gasteiger partial charge in [-0.1, -0.05) is 194 Å². The second-order valence-corrected chi connectivity index (χ2v) is 18.2. The Labute approximate surface area is 405 Å². The Morgan fingerprint density at radius 3 is 1.26 bits per heavy atom. The molecule has 1 heterocycles. The van der Waals surface area contributed by atoms with Crippen LogP contribution in [0.15, 0.2) is 265 Å². The summed E-state index contributed by atoms with van der Waals surface area (Å²) in [7, 11) is 0. The van der Waals surface area contributed by atoms with E-state index in [0.717, 1.165) is 98.9 Å². The van der Waals surface area contributed by atoms with Crippen molar-refractivity contribution in [2.75, 3.05) is 9.80 Å². The smallest absolute Gasteiger partial charge is 0.148 e. The van der Waals surface area contributed by atoms with Crippen LogP contribution >= 0.6 is 11.8 Å². The summed E-state index contributed by atoms with van der Waals surface area (Å²) in [4.78, 5) is 6.27. The van der Waals surface area contributed by atoms with Gasteiger partial charge in [0, 0.05) is 48.8 Å². The van der Waals surface area contributed by atoms with Gasteiger partial charge in [0.05, 0.1) is 17.1 Å². The third-order valence-electron chi connectivity index (χ3n) is 12.9. The van der Waals surface area contributed by atoms with E-state index in [2.05, 4.69) is 65.6 Å². The molecule has 2 nitrogen and oxygen atoms in total. The standard InChI is InChI=1S/C64H42F2N2S/c65-57-40-47(43-20-7-1-8-21-43)38-55(45-24-11-3-12-25-45)63(57)67(49-28-15-5-16-29-49)51-34-35-52-53-36-37-59(54-32-19-33-60(62(53)54)69-61(52)42-51)68(50-30-17-6-18-31-50)64-56(46-26-13-4-14-27-46)39-48(41-58(64)66)44-22-9-2-10-23-44/h1-42H. The molecular formula is C64H42F2N2S. The molecule has 12 rings (SSSR count). The maximum Gasteiger partial charge on any atom is 0.148 e. The fraction of sp³-hybridized carbons (Fsp3) is 0. The molecule has 1 aliphatic heterocycles. The van der Waals surface area contributed by atoms with Gasteiger partial charge in [-0.25, -0.2) is 8.78 Å². The van der Waals surface area contributed by atoms with Gasteiger partial charge in [-0.2, -0.15) is 0 Å². The SMILES string of the molecule is Fc1cc(-c2ccccc2)cc(-c2ccccc2)c1N(c1ccccc1)c1ccc2c(c1)Sc1cccc3c(N(c4ccccc4)c4c(F)cc(-c5ccccc5)cc4-c4ccccc4)ccc-2c13. The Bertz CT molecular complexity index is 3650. The fourth-order valence-corrected chi connectivity index (χ4v) is 11.0. The number of hydrogen-bond donors (Lipinski definition) is 0. The number of rotatable bonds is 10. The molecule has 5 heteroatoms. The lowest BCUT2D eigenvalue weighted by Crippen LogP contribution is -2.14. The molecule has 0 spiro atoms. The molecule has 0 aliphatic carbocycles. The zero-order valence-corrected chi connectivity index (χ0v) is 38.1. The minimum atomic E-state index is -0.323. The number of anilines is 6. The van der Waals surface area contributed by atoms with E-state index in [0.29, 0.717) is 11.4 Å². The van der Waals surface area contributed by atoms with Gasteiger partial charge in [0.15, 0.2) is 0 Å². The summed E-state index contributed by atoms with van der Waals surface area (Å²) in [5, 5.41) is 2.10. The number of nitrogens with zero attached hydrogens (tertiary/aromatic N) is 2. The maximum absolute atomic E-state index is 17.5. The van der Waals surface area contributed by atoms with Crippen molar-refractivity contribution in [3.8, 4) is 55.6 Å². The first kappa shape index (κ1) is 41.9. The van der Waals surface area contributed by atoms with Crippen LogP contribution in [0.4, 0.5) is 42.9 Å². The van der Waals surface area contributed by atoms with Crippen molar-refractivity contribution < 1.29 is 8.78 Å². The molecule has 0 unspecified atom stereocenters. The van der Waals surface area contributed by atoms with Crippen molar-refractivity contribution in [2.45, 2.75) is 9.79 Å². The molecule has 328 valence electrons. The van der Waals surface area contributed by atoms with Crippen LogP contribution in [0.5, 0.6) is 0 Å². The normalized spacial score (nSPS) is 11.6. The van der Waals surface area contributed by atoms with Crippen LogP contribution in [0.1, 0.15) is 0 Å². The number of hydrogen-bond acceptors (Lipinski definition) is 3. The maximum atomic E-state index is 17.5. The molecule has 0 amide bonds. The largest absolute Gasteiger partial charge is 0.307 e. The summed E-state index contributed by atoms with van der Waals surface area (Å²) in [5.74, 6) is -0.645. The van der Waals surface area contributed by atoms with Gasteiger partial charge < -0.3 is 9.80 Å². The first-order valence-corrected chi connectivity index (χ1v) is 23.9. The fourth-order valence-electron chi connectivity index (χ4n) is 9.81. The highest BCUT2D eigenvalue weighted by molar-refractivity contribution is 7.99. The van der Waals surface area contributed by atoms with Gasteiger partial charge in [0.2, 0.25) is 0 Å². The topological polar surface area (TPSA) is 6.48 Å². The Balaban J connectivity index is 1.02. The lowest BCUT2D eigenvalue weighted by atomic mass is 9.93. The van der Waals surface area contributed by atoms with Crippen molar-refractivity contribution >= 4 is 56.7 Å². The zero-order chi connectivity index (χ0) is 46.3. The van der Waals surface area contributed by atoms with E-state index in [9.17, 15) is 0 Å². The summed E-state index contributed by atoms with van der Waals surface area (Å²) in [6.45, 7) is 0. The van der Waals surface area contributed by atoms with Crippen molar-refractivity contribution in [3.63, 3.8) is 0 Å². The molecule has 0 atom stereocenters. The van der Waals surface area contributed by atoms with Crippen molar-refractivity contribution in [1.82, 2.24) is 0 Å². The van der Waals surface area contributed by atoms with Crippen LogP contribution < -0.4 is 9.80 Å². The first-order valence-electron chi connectivity index (χ1n) is 23.0. The molecule has 0 saturated heterocycles. The van der Waals surface area contributed by atoms with Gasteiger partial charge in [-0.15, -0.1) is 0 Å². The van der Waals surface area contributed by atoms with Crippen LogP contribution in [0.25, 0.3) is 66.4 Å². The van der Waals surface area contributed by atoms with Gasteiger partial charge in [0.1, 0.15) is 11.6 Å². The highest BCUT2D eigenvalue weighted by Gasteiger charge is 2.29. The zero-order valence-electron chi connectivity index (χ0n) is 37.3. The van der Waals surface area contributed by atoms with Crippen LogP contribution in [0, 0.1) is 11.6 Å². The number of fused-ring (bicyclic) bond motifs is 2. The molecule has 11 aromatic rings. The molecule has 0 aromatic heterocycles. The van der Waals surface area contributed by atoms with E-state index in [1.165, 1.54) is 0 Å². The lowest BCUT2D eigenvalue weighted by Gasteiger charge is -2.32. The van der Waals surface area contributed by atoms with Crippen molar-refractivity contribution in [3.05, 3.63) is 266 Å². The highest BCUT2D eigenvalue weighted by Crippen LogP contribution is 2.54. The molecule has 1 aliphatic rings. The van der Waals surface area contributed by atoms with Crippen LogP contribution in [0.2, 0.25) is 0 Å². The minimum Gasteiger partial charge on any atom is -0.307 e. The monoisotopic (exact) mass is 908 g/mol. The van der Waals surface area contributed by atoms with Crippen molar-refractivity contribution in [1.29, 1.82) is 0 Å². The van der Waals surface area contributed by atoms with Crippen LogP contribution in [-0.4, -0.2) is 0 Å². The lowest BCUT2D eigenvalue weighted by molar-refractivity contribution is 0.629. The predicted molar refractivity (Wildman–Crippen MR) is 285 cm³/mol. The third kappa shape index (κ3) is 7.73. The average molecular weight is 909 g/mol. The van der Waals surface area contributed by atoms with Gasteiger partial charge in [0.25, 0.3) is 0 Å². The van der Waals surface area contributed by atoms with E-state index in [4.69, 9.17) is 0 Å².